The van der Waals surface area contributed by atoms with Crippen molar-refractivity contribution < 1.29 is 5.11 Å². The Bertz CT molecular complexity index is 668. The largest absolute Gasteiger partial charge is 0.396 e. The SMILES string of the molecule is OC[C@@H]1C=C[C@H](n2c(Br)nc3cc(Cl)c(Cl)cc32)C1. The molecule has 0 saturated carbocycles. The van der Waals surface area contributed by atoms with E-state index in [1.54, 1.807) is 6.07 Å². The number of rotatable bonds is 2. The lowest BCUT2D eigenvalue weighted by atomic mass is 10.1. The molecule has 0 bridgehead atoms. The number of hydrogen-bond acceptors (Lipinski definition) is 2. The van der Waals surface area contributed by atoms with Crippen molar-refractivity contribution in [3.05, 3.63) is 39.1 Å². The van der Waals surface area contributed by atoms with E-state index in [0.717, 1.165) is 22.2 Å². The van der Waals surface area contributed by atoms with E-state index in [9.17, 15) is 5.11 Å². The average molecular weight is 362 g/mol. The Morgan fingerprint density at radius 3 is 2.74 bits per heavy atom. The van der Waals surface area contributed by atoms with Crippen LogP contribution in [0.1, 0.15) is 12.5 Å². The smallest absolute Gasteiger partial charge is 0.178 e. The van der Waals surface area contributed by atoms with Gasteiger partial charge in [-0.2, -0.15) is 0 Å². The summed E-state index contributed by atoms with van der Waals surface area (Å²) in [6, 6.07) is 3.77. The minimum atomic E-state index is 0.170. The maximum Gasteiger partial charge on any atom is 0.178 e. The first-order valence-corrected chi connectivity index (χ1v) is 7.46. The number of halogens is 3. The quantitative estimate of drug-likeness (QED) is 0.813. The molecule has 0 spiro atoms. The first-order valence-electron chi connectivity index (χ1n) is 5.92. The molecule has 19 heavy (non-hydrogen) atoms. The lowest BCUT2D eigenvalue weighted by Gasteiger charge is -2.14. The molecular weight excluding hydrogens is 351 g/mol. The summed E-state index contributed by atoms with van der Waals surface area (Å²) < 4.78 is 2.82. The maximum absolute atomic E-state index is 9.22. The van der Waals surface area contributed by atoms with Gasteiger partial charge in [-0.05, 0) is 34.5 Å². The monoisotopic (exact) mass is 360 g/mol. The summed E-state index contributed by atoms with van der Waals surface area (Å²) >= 11 is 15.6. The molecule has 1 aromatic heterocycles. The number of fused-ring (bicyclic) bond motifs is 1. The van der Waals surface area contributed by atoms with Crippen LogP contribution in [0.2, 0.25) is 10.0 Å². The zero-order valence-corrected chi connectivity index (χ0v) is 13.0. The fraction of sp³-hybridized carbons (Fsp3) is 0.308. The molecule has 0 aliphatic heterocycles. The third-order valence-electron chi connectivity index (χ3n) is 3.40. The Morgan fingerprint density at radius 1 is 1.32 bits per heavy atom. The van der Waals surface area contributed by atoms with Crippen molar-refractivity contribution in [1.82, 2.24) is 9.55 Å². The van der Waals surface area contributed by atoms with Gasteiger partial charge in [0.05, 0.1) is 27.1 Å². The second-order valence-electron chi connectivity index (χ2n) is 4.64. The Balaban J connectivity index is 2.11. The third kappa shape index (κ3) is 2.31. The van der Waals surface area contributed by atoms with E-state index < -0.39 is 0 Å². The van der Waals surface area contributed by atoms with Gasteiger partial charge in [-0.1, -0.05) is 35.4 Å². The van der Waals surface area contributed by atoms with Crippen molar-refractivity contribution in [2.75, 3.05) is 6.61 Å². The lowest BCUT2D eigenvalue weighted by molar-refractivity contribution is 0.244. The van der Waals surface area contributed by atoms with Crippen LogP contribution in [0, 0.1) is 5.92 Å². The van der Waals surface area contributed by atoms with Crippen LogP contribution >= 0.6 is 39.1 Å². The molecule has 2 atom stereocenters. The van der Waals surface area contributed by atoms with Crippen molar-refractivity contribution in [3.63, 3.8) is 0 Å². The molecule has 2 aromatic rings. The standard InChI is InChI=1S/C13H11BrCl2N2O/c14-13-17-11-4-9(15)10(16)5-12(11)18(13)8-2-1-7(3-8)6-19/h1-2,4-5,7-8,19H,3,6H2/t7-,8+/m1/s1. The number of aliphatic hydroxyl groups is 1. The zero-order valence-electron chi connectivity index (χ0n) is 9.85. The fourth-order valence-corrected chi connectivity index (χ4v) is 3.42. The number of allylic oxidation sites excluding steroid dienone is 1. The molecule has 0 fully saturated rings. The highest BCUT2D eigenvalue weighted by atomic mass is 79.9. The molecule has 0 radical (unpaired) electrons. The van der Waals surface area contributed by atoms with Gasteiger partial charge >= 0.3 is 0 Å². The number of nitrogens with zero attached hydrogens (tertiary/aromatic N) is 2. The molecule has 100 valence electrons. The van der Waals surface area contributed by atoms with Gasteiger partial charge in [0, 0.05) is 12.5 Å². The van der Waals surface area contributed by atoms with Gasteiger partial charge in [-0.15, -0.1) is 0 Å². The lowest BCUT2D eigenvalue weighted by Crippen LogP contribution is -2.08. The molecule has 6 heteroatoms. The van der Waals surface area contributed by atoms with Crippen molar-refractivity contribution in [2.24, 2.45) is 5.92 Å². The molecular formula is C13H11BrCl2N2O. The van der Waals surface area contributed by atoms with Gasteiger partial charge in [0.15, 0.2) is 4.73 Å². The van der Waals surface area contributed by atoms with Crippen molar-refractivity contribution >= 4 is 50.2 Å². The number of benzene rings is 1. The van der Waals surface area contributed by atoms with Crippen LogP contribution in [0.4, 0.5) is 0 Å². The van der Waals surface area contributed by atoms with E-state index in [2.05, 4.69) is 31.6 Å². The number of aliphatic hydroxyl groups excluding tert-OH is 1. The average Bonchev–Trinajstić information content (AvgIpc) is 2.94. The molecule has 0 amide bonds. The van der Waals surface area contributed by atoms with Crippen molar-refractivity contribution in [3.8, 4) is 0 Å². The van der Waals surface area contributed by atoms with Gasteiger partial charge in [0.2, 0.25) is 0 Å². The maximum atomic E-state index is 9.22. The molecule has 0 unspecified atom stereocenters. The second-order valence-corrected chi connectivity index (χ2v) is 6.16. The van der Waals surface area contributed by atoms with Crippen LogP contribution in [-0.2, 0) is 0 Å². The molecule has 1 aliphatic carbocycles. The van der Waals surface area contributed by atoms with Crippen molar-refractivity contribution in [2.45, 2.75) is 12.5 Å². The Kier molecular flexibility index (Phi) is 3.60. The van der Waals surface area contributed by atoms with Crippen LogP contribution < -0.4 is 0 Å². The number of aromatic nitrogens is 2. The van der Waals surface area contributed by atoms with Crippen LogP contribution in [0.25, 0.3) is 11.0 Å². The summed E-state index contributed by atoms with van der Waals surface area (Å²) in [4.78, 5) is 4.45. The summed E-state index contributed by atoms with van der Waals surface area (Å²) in [5.41, 5.74) is 1.75. The first-order chi connectivity index (χ1) is 9.10. The summed E-state index contributed by atoms with van der Waals surface area (Å²) in [6.07, 6.45) is 5.00. The van der Waals surface area contributed by atoms with E-state index in [4.69, 9.17) is 23.2 Å². The second kappa shape index (κ2) is 5.09. The highest BCUT2D eigenvalue weighted by Gasteiger charge is 2.23. The summed E-state index contributed by atoms with van der Waals surface area (Å²) in [5, 5.41) is 10.2. The summed E-state index contributed by atoms with van der Waals surface area (Å²) in [7, 11) is 0. The van der Waals surface area contributed by atoms with Crippen LogP contribution in [0.15, 0.2) is 29.0 Å². The van der Waals surface area contributed by atoms with Gasteiger partial charge in [-0.3, -0.25) is 0 Å². The molecule has 0 saturated heterocycles. The Labute approximate surface area is 129 Å². The van der Waals surface area contributed by atoms with E-state index in [1.807, 2.05) is 12.1 Å². The van der Waals surface area contributed by atoms with Gasteiger partial charge in [0.25, 0.3) is 0 Å². The highest BCUT2D eigenvalue weighted by molar-refractivity contribution is 9.10. The molecule has 1 aliphatic rings. The van der Waals surface area contributed by atoms with E-state index in [0.29, 0.717) is 10.0 Å². The summed E-state index contributed by atoms with van der Waals surface area (Å²) in [6.45, 7) is 0.170. The van der Waals surface area contributed by atoms with Crippen molar-refractivity contribution in [1.29, 1.82) is 0 Å². The number of hydrogen-bond donors (Lipinski definition) is 1. The van der Waals surface area contributed by atoms with Crippen LogP contribution in [-0.4, -0.2) is 21.3 Å². The molecule has 1 aromatic carbocycles. The first kappa shape index (κ1) is 13.4. The Morgan fingerprint density at radius 2 is 2.05 bits per heavy atom. The Hall–Kier alpha value is -0.550. The molecule has 1 N–H and O–H groups in total. The fourth-order valence-electron chi connectivity index (χ4n) is 2.46. The minimum Gasteiger partial charge on any atom is -0.396 e. The zero-order chi connectivity index (χ0) is 13.6. The predicted molar refractivity (Wildman–Crippen MR) is 80.8 cm³/mol. The molecule has 3 rings (SSSR count). The summed E-state index contributed by atoms with van der Waals surface area (Å²) in [5.74, 6) is 0.206. The minimum absolute atomic E-state index is 0.170. The molecule has 1 heterocycles. The van der Waals surface area contributed by atoms with E-state index in [-0.39, 0.29) is 18.6 Å². The van der Waals surface area contributed by atoms with Gasteiger partial charge < -0.3 is 9.67 Å². The predicted octanol–water partition coefficient (Wildman–Crippen LogP) is 4.22. The molecule has 3 nitrogen and oxygen atoms in total. The van der Waals surface area contributed by atoms with Gasteiger partial charge in [-0.25, -0.2) is 4.98 Å². The third-order valence-corrected chi connectivity index (χ3v) is 4.69. The van der Waals surface area contributed by atoms with E-state index in [1.165, 1.54) is 0 Å². The van der Waals surface area contributed by atoms with Gasteiger partial charge in [0.1, 0.15) is 0 Å². The topological polar surface area (TPSA) is 38.0 Å². The number of imidazole rings is 1. The van der Waals surface area contributed by atoms with Crippen LogP contribution in [0.5, 0.6) is 0 Å². The highest BCUT2D eigenvalue weighted by Crippen LogP contribution is 2.36. The normalized spacial score (nSPS) is 22.5. The van der Waals surface area contributed by atoms with E-state index >= 15 is 0 Å². The van der Waals surface area contributed by atoms with Crippen LogP contribution in [0.3, 0.4) is 0 Å².